The molecule has 0 radical (unpaired) electrons. The number of ether oxygens (including phenoxy) is 1. The van der Waals surface area contributed by atoms with Gasteiger partial charge < -0.3 is 4.74 Å². The van der Waals surface area contributed by atoms with Crippen molar-refractivity contribution in [3.05, 3.63) is 60.4 Å². The van der Waals surface area contributed by atoms with Gasteiger partial charge in [0.05, 0.1) is 0 Å². The number of aromatic nitrogens is 1. The number of sulfonamides is 1. The summed E-state index contributed by atoms with van der Waals surface area (Å²) in [6.07, 6.45) is -4.08. The van der Waals surface area contributed by atoms with Crippen LogP contribution < -0.4 is 4.72 Å². The molecule has 10 heteroatoms. The summed E-state index contributed by atoms with van der Waals surface area (Å²) in [7, 11) is -4.29. The molecule has 134 valence electrons. The Balaban J connectivity index is 2.23. The summed E-state index contributed by atoms with van der Waals surface area (Å²) >= 11 is 0. The maximum atomic E-state index is 12.4. The fraction of sp³-hybridized carbons (Fsp3) is 0.200. The number of rotatable bonds is 6. The van der Waals surface area contributed by atoms with Gasteiger partial charge in [0.2, 0.25) is 0 Å². The van der Waals surface area contributed by atoms with Gasteiger partial charge in [0.1, 0.15) is 11.5 Å². The molecule has 1 atom stereocenters. The molecule has 0 unspecified atom stereocenters. The number of pyridine rings is 1. The summed E-state index contributed by atoms with van der Waals surface area (Å²) in [5.41, 5.74) is 0.0886. The van der Waals surface area contributed by atoms with Crippen LogP contribution in [0.5, 0.6) is 0 Å². The molecule has 25 heavy (non-hydrogen) atoms. The van der Waals surface area contributed by atoms with Crippen LogP contribution in [0.15, 0.2) is 59.8 Å². The first-order valence-corrected chi connectivity index (χ1v) is 8.37. The Morgan fingerprint density at radius 2 is 1.84 bits per heavy atom. The zero-order valence-electron chi connectivity index (χ0n) is 12.6. The van der Waals surface area contributed by atoms with E-state index < -0.39 is 34.8 Å². The molecule has 2 aromatic rings. The molecule has 0 aliphatic rings. The van der Waals surface area contributed by atoms with Crippen molar-refractivity contribution in [2.24, 2.45) is 0 Å². The summed E-state index contributed by atoms with van der Waals surface area (Å²) in [6, 6.07) is 9.82. The van der Waals surface area contributed by atoms with Gasteiger partial charge in [-0.15, -0.1) is 0 Å². The predicted molar refractivity (Wildman–Crippen MR) is 80.8 cm³/mol. The summed E-state index contributed by atoms with van der Waals surface area (Å²) in [5.74, 6) is -1.24. The first-order valence-electron chi connectivity index (χ1n) is 6.89. The maximum Gasteiger partial charge on any atom is 0.411 e. The molecule has 6 nitrogen and oxygen atoms in total. The number of carbonyl (C=O) groups is 1. The summed E-state index contributed by atoms with van der Waals surface area (Å²) in [5, 5.41) is 0. The largest absolute Gasteiger partial charge is 0.411 e. The highest BCUT2D eigenvalue weighted by atomic mass is 32.2. The topological polar surface area (TPSA) is 85.4 Å². The van der Waals surface area contributed by atoms with Gasteiger partial charge in [-0.1, -0.05) is 30.3 Å². The molecule has 0 aliphatic heterocycles. The number of hydrogen-bond donors (Lipinski definition) is 1. The second-order valence-electron chi connectivity index (χ2n) is 4.88. The van der Waals surface area contributed by atoms with E-state index in [9.17, 15) is 26.4 Å². The molecule has 0 spiro atoms. The van der Waals surface area contributed by atoms with E-state index in [-0.39, 0.29) is 10.5 Å². The van der Waals surface area contributed by atoms with E-state index in [1.807, 2.05) is 0 Å². The molecular weight excluding hydrogens is 361 g/mol. The monoisotopic (exact) mass is 374 g/mol. The molecule has 2 rings (SSSR count). The Hall–Kier alpha value is -2.46. The minimum absolute atomic E-state index is 0.0886. The highest BCUT2D eigenvalue weighted by Crippen LogP contribution is 2.23. The highest BCUT2D eigenvalue weighted by Gasteiger charge is 2.33. The van der Waals surface area contributed by atoms with Crippen LogP contribution >= 0.6 is 0 Å². The number of alkyl halides is 3. The van der Waals surface area contributed by atoms with Crippen LogP contribution in [0.1, 0.15) is 11.7 Å². The Bertz CT molecular complexity index is 812. The van der Waals surface area contributed by atoms with Crippen LogP contribution in [0.4, 0.5) is 13.2 Å². The lowest BCUT2D eigenvalue weighted by Gasteiger charge is -2.19. The quantitative estimate of drug-likeness (QED) is 0.838. The predicted octanol–water partition coefficient (Wildman–Crippen LogP) is 2.21. The number of nitrogens with one attached hydrogen (secondary N) is 1. The van der Waals surface area contributed by atoms with E-state index in [0.717, 1.165) is 6.20 Å². The Kier molecular flexibility index (Phi) is 5.75. The van der Waals surface area contributed by atoms with Gasteiger partial charge in [0, 0.05) is 12.4 Å². The number of nitrogens with zero attached hydrogens (tertiary/aromatic N) is 1. The molecular formula is C15H13F3N2O4S. The fourth-order valence-electron chi connectivity index (χ4n) is 1.88. The number of carbonyl (C=O) groups excluding carboxylic acids is 1. The second-order valence-corrected chi connectivity index (χ2v) is 6.56. The van der Waals surface area contributed by atoms with Crippen LogP contribution in [0.2, 0.25) is 0 Å². The number of amides is 1. The van der Waals surface area contributed by atoms with Crippen LogP contribution in [0.3, 0.4) is 0 Å². The van der Waals surface area contributed by atoms with E-state index in [2.05, 4.69) is 9.72 Å². The van der Waals surface area contributed by atoms with Crippen LogP contribution in [-0.2, 0) is 19.6 Å². The zero-order valence-corrected chi connectivity index (χ0v) is 13.4. The third-order valence-electron chi connectivity index (χ3n) is 2.93. The third-order valence-corrected chi connectivity index (χ3v) is 4.27. The molecule has 1 amide bonds. The fourth-order valence-corrected chi connectivity index (χ4v) is 2.83. The summed E-state index contributed by atoms with van der Waals surface area (Å²) in [6.45, 7) is -1.70. The normalized spacial score (nSPS) is 13.2. The molecule has 1 aromatic heterocycles. The Morgan fingerprint density at radius 1 is 1.16 bits per heavy atom. The molecule has 1 heterocycles. The van der Waals surface area contributed by atoms with Gasteiger partial charge in [-0.25, -0.2) is 13.1 Å². The van der Waals surface area contributed by atoms with E-state index in [1.54, 1.807) is 10.8 Å². The van der Waals surface area contributed by atoms with Crippen molar-refractivity contribution in [2.75, 3.05) is 6.61 Å². The third kappa shape index (κ3) is 5.54. The SMILES string of the molecule is O=C(NS(=O)(=O)c1cccnc1)[C@@H](OCC(F)(F)F)c1ccccc1. The van der Waals surface area contributed by atoms with Crippen molar-refractivity contribution in [3.8, 4) is 0 Å². The minimum Gasteiger partial charge on any atom is -0.354 e. The molecule has 0 saturated heterocycles. The molecule has 0 aliphatic carbocycles. The molecule has 1 N–H and O–H groups in total. The van der Waals surface area contributed by atoms with Crippen molar-refractivity contribution >= 4 is 15.9 Å². The van der Waals surface area contributed by atoms with Crippen molar-refractivity contribution in [1.29, 1.82) is 0 Å². The van der Waals surface area contributed by atoms with Gasteiger partial charge in [-0.05, 0) is 17.7 Å². The van der Waals surface area contributed by atoms with Crippen molar-refractivity contribution in [3.63, 3.8) is 0 Å². The average Bonchev–Trinajstić information content (AvgIpc) is 2.55. The van der Waals surface area contributed by atoms with Gasteiger partial charge in [-0.3, -0.25) is 9.78 Å². The minimum atomic E-state index is -4.67. The summed E-state index contributed by atoms with van der Waals surface area (Å²) < 4.78 is 67.8. The first kappa shape index (κ1) is 18.9. The standard InChI is InChI=1S/C15H13F3N2O4S/c16-15(17,18)10-24-13(11-5-2-1-3-6-11)14(21)20-25(22,23)12-7-4-8-19-9-12/h1-9,13H,10H2,(H,20,21)/t13-/m0/s1. The van der Waals surface area contributed by atoms with Gasteiger partial charge in [-0.2, -0.15) is 13.2 Å². The Labute approximate surface area is 141 Å². The first-order chi connectivity index (χ1) is 11.7. The van der Waals surface area contributed by atoms with Crippen LogP contribution in [-0.4, -0.2) is 32.1 Å². The Morgan fingerprint density at radius 3 is 2.40 bits per heavy atom. The van der Waals surface area contributed by atoms with E-state index >= 15 is 0 Å². The average molecular weight is 374 g/mol. The van der Waals surface area contributed by atoms with Gasteiger partial charge in [0.25, 0.3) is 15.9 Å². The lowest BCUT2D eigenvalue weighted by molar-refractivity contribution is -0.187. The molecule has 0 bridgehead atoms. The highest BCUT2D eigenvalue weighted by molar-refractivity contribution is 7.90. The smallest absolute Gasteiger partial charge is 0.354 e. The van der Waals surface area contributed by atoms with Crippen molar-refractivity contribution < 1.29 is 31.1 Å². The van der Waals surface area contributed by atoms with Gasteiger partial charge in [0.15, 0.2) is 6.10 Å². The van der Waals surface area contributed by atoms with Crippen LogP contribution in [0, 0.1) is 0 Å². The van der Waals surface area contributed by atoms with Crippen molar-refractivity contribution in [1.82, 2.24) is 9.71 Å². The second kappa shape index (κ2) is 7.62. The van der Waals surface area contributed by atoms with E-state index in [4.69, 9.17) is 0 Å². The number of benzene rings is 1. The number of hydrogen-bond acceptors (Lipinski definition) is 5. The zero-order chi connectivity index (χ0) is 18.5. The number of halogens is 3. The molecule has 0 saturated carbocycles. The lowest BCUT2D eigenvalue weighted by atomic mass is 10.1. The molecule has 1 aromatic carbocycles. The van der Waals surface area contributed by atoms with Crippen LogP contribution in [0.25, 0.3) is 0 Å². The van der Waals surface area contributed by atoms with Crippen molar-refractivity contribution in [2.45, 2.75) is 17.2 Å². The summed E-state index contributed by atoms with van der Waals surface area (Å²) in [4.78, 5) is 15.6. The lowest BCUT2D eigenvalue weighted by Crippen LogP contribution is -2.37. The maximum absolute atomic E-state index is 12.4. The molecule has 0 fully saturated rings. The van der Waals surface area contributed by atoms with Gasteiger partial charge >= 0.3 is 6.18 Å². The van der Waals surface area contributed by atoms with E-state index in [0.29, 0.717) is 0 Å². The van der Waals surface area contributed by atoms with E-state index in [1.165, 1.54) is 42.6 Å².